The van der Waals surface area contributed by atoms with Crippen molar-refractivity contribution in [3.8, 4) is 11.5 Å². The van der Waals surface area contributed by atoms with Gasteiger partial charge in [-0.3, -0.25) is 4.98 Å². The van der Waals surface area contributed by atoms with Crippen molar-refractivity contribution in [2.24, 2.45) is 0 Å². The predicted molar refractivity (Wildman–Crippen MR) is 66.5 cm³/mol. The molecule has 0 atom stereocenters. The molecule has 0 unspecified atom stereocenters. The first-order chi connectivity index (χ1) is 8.83. The molecule has 92 valence electrons. The topological polar surface area (TPSA) is 90.5 Å². The fourth-order valence-electron chi connectivity index (χ4n) is 2.31. The van der Waals surface area contributed by atoms with Crippen molar-refractivity contribution in [1.82, 2.24) is 24.9 Å². The summed E-state index contributed by atoms with van der Waals surface area (Å²) in [5.74, 6) is 1.97. The van der Waals surface area contributed by atoms with E-state index in [-0.39, 0.29) is 5.95 Å². The normalized spacial score (nSPS) is 16.0. The number of aromatic nitrogens is 5. The number of nitrogens with zero attached hydrogens (tertiary/aromatic N) is 5. The molecule has 2 N–H and O–H groups in total. The van der Waals surface area contributed by atoms with Crippen molar-refractivity contribution >= 4 is 5.95 Å². The van der Waals surface area contributed by atoms with Crippen LogP contribution >= 0.6 is 0 Å². The van der Waals surface area contributed by atoms with Gasteiger partial charge < -0.3 is 5.73 Å². The van der Waals surface area contributed by atoms with E-state index in [1.54, 1.807) is 18.6 Å². The zero-order valence-electron chi connectivity index (χ0n) is 9.95. The van der Waals surface area contributed by atoms with Gasteiger partial charge in [-0.05, 0) is 12.8 Å². The maximum Gasteiger partial charge on any atom is 0.223 e. The fourth-order valence-corrected chi connectivity index (χ4v) is 2.31. The lowest BCUT2D eigenvalue weighted by atomic mass is 10.1. The largest absolute Gasteiger partial charge is 0.368 e. The number of anilines is 1. The molecule has 2 aromatic heterocycles. The Labute approximate surface area is 105 Å². The molecular weight excluding hydrogens is 228 g/mol. The number of nitrogens with two attached hydrogens (primary N) is 1. The molecule has 2 heterocycles. The molecular formula is C12H14N6. The van der Waals surface area contributed by atoms with Crippen LogP contribution in [0.5, 0.6) is 0 Å². The molecule has 1 aliphatic rings. The zero-order chi connectivity index (χ0) is 12.4. The van der Waals surface area contributed by atoms with Crippen LogP contribution in [0.15, 0.2) is 18.6 Å². The summed E-state index contributed by atoms with van der Waals surface area (Å²) in [5.41, 5.74) is 6.38. The molecule has 6 heteroatoms. The van der Waals surface area contributed by atoms with Crippen molar-refractivity contribution in [3.63, 3.8) is 0 Å². The molecule has 0 amide bonds. The monoisotopic (exact) mass is 242 g/mol. The van der Waals surface area contributed by atoms with Gasteiger partial charge in [-0.25, -0.2) is 9.97 Å². The lowest BCUT2D eigenvalue weighted by Crippen LogP contribution is -2.08. The Morgan fingerprint density at radius 3 is 2.61 bits per heavy atom. The minimum absolute atomic E-state index is 0.257. The Morgan fingerprint density at radius 2 is 1.89 bits per heavy atom. The predicted octanol–water partition coefficient (Wildman–Crippen LogP) is 1.57. The third-order valence-corrected chi connectivity index (χ3v) is 3.18. The van der Waals surface area contributed by atoms with Crippen LogP contribution in [0.4, 0.5) is 5.95 Å². The van der Waals surface area contributed by atoms with Crippen molar-refractivity contribution in [2.45, 2.75) is 31.6 Å². The zero-order valence-corrected chi connectivity index (χ0v) is 9.95. The first-order valence-corrected chi connectivity index (χ1v) is 6.11. The van der Waals surface area contributed by atoms with Crippen molar-refractivity contribution in [1.29, 1.82) is 0 Å². The molecule has 0 saturated heterocycles. The second-order valence-corrected chi connectivity index (χ2v) is 4.45. The third kappa shape index (κ3) is 2.13. The van der Waals surface area contributed by atoms with Gasteiger partial charge in [0.15, 0.2) is 5.82 Å². The second kappa shape index (κ2) is 4.64. The van der Waals surface area contributed by atoms with E-state index in [9.17, 15) is 0 Å². The van der Waals surface area contributed by atoms with Gasteiger partial charge in [-0.15, -0.1) is 0 Å². The lowest BCUT2D eigenvalue weighted by Gasteiger charge is -2.09. The van der Waals surface area contributed by atoms with E-state index in [0.717, 1.165) is 18.7 Å². The van der Waals surface area contributed by atoms with Gasteiger partial charge in [0.2, 0.25) is 5.95 Å². The highest BCUT2D eigenvalue weighted by Gasteiger charge is 2.21. The molecule has 1 fully saturated rings. The average molecular weight is 242 g/mol. The van der Waals surface area contributed by atoms with Gasteiger partial charge in [-0.1, -0.05) is 12.8 Å². The third-order valence-electron chi connectivity index (χ3n) is 3.18. The SMILES string of the molecule is Nc1nc(-c2cnccn2)nc(C2CCCC2)n1. The standard InChI is InChI=1S/C12H14N6/c13-12-17-10(8-3-1-2-4-8)16-11(18-12)9-7-14-5-6-15-9/h5-8H,1-4H2,(H2,13,16,17,18). The summed E-state index contributed by atoms with van der Waals surface area (Å²) in [6.07, 6.45) is 9.59. The maximum absolute atomic E-state index is 5.75. The molecule has 0 aromatic carbocycles. The maximum atomic E-state index is 5.75. The lowest BCUT2D eigenvalue weighted by molar-refractivity contribution is 0.664. The van der Waals surface area contributed by atoms with Gasteiger partial charge in [0, 0.05) is 18.3 Å². The molecule has 1 saturated carbocycles. The van der Waals surface area contributed by atoms with Gasteiger partial charge in [-0.2, -0.15) is 9.97 Å². The van der Waals surface area contributed by atoms with Crippen LogP contribution in [-0.4, -0.2) is 24.9 Å². The summed E-state index contributed by atoms with van der Waals surface area (Å²) < 4.78 is 0. The number of nitrogen functional groups attached to an aromatic ring is 1. The molecule has 6 nitrogen and oxygen atoms in total. The van der Waals surface area contributed by atoms with E-state index in [4.69, 9.17) is 5.73 Å². The molecule has 3 rings (SSSR count). The van der Waals surface area contributed by atoms with Crippen molar-refractivity contribution in [2.75, 3.05) is 5.73 Å². The van der Waals surface area contributed by atoms with E-state index < -0.39 is 0 Å². The summed E-state index contributed by atoms with van der Waals surface area (Å²) in [7, 11) is 0. The van der Waals surface area contributed by atoms with Crippen LogP contribution in [0.3, 0.4) is 0 Å². The smallest absolute Gasteiger partial charge is 0.223 e. The summed E-state index contributed by atoms with van der Waals surface area (Å²) in [5, 5.41) is 0. The second-order valence-electron chi connectivity index (χ2n) is 4.45. The first-order valence-electron chi connectivity index (χ1n) is 6.11. The van der Waals surface area contributed by atoms with Crippen molar-refractivity contribution < 1.29 is 0 Å². The Kier molecular flexibility index (Phi) is 2.84. The first kappa shape index (κ1) is 11.0. The minimum Gasteiger partial charge on any atom is -0.368 e. The van der Waals surface area contributed by atoms with E-state index in [0.29, 0.717) is 17.4 Å². The average Bonchev–Trinajstić information content (AvgIpc) is 2.93. The molecule has 0 spiro atoms. The Hall–Kier alpha value is -2.11. The van der Waals surface area contributed by atoms with E-state index >= 15 is 0 Å². The number of hydrogen-bond donors (Lipinski definition) is 1. The Morgan fingerprint density at radius 1 is 1.06 bits per heavy atom. The van der Waals surface area contributed by atoms with Crippen LogP contribution in [0.1, 0.15) is 37.4 Å². The van der Waals surface area contributed by atoms with E-state index in [2.05, 4.69) is 24.9 Å². The van der Waals surface area contributed by atoms with E-state index in [1.165, 1.54) is 12.8 Å². The van der Waals surface area contributed by atoms with Gasteiger partial charge >= 0.3 is 0 Å². The quantitative estimate of drug-likeness (QED) is 0.859. The van der Waals surface area contributed by atoms with E-state index in [1.807, 2.05) is 0 Å². The number of rotatable bonds is 2. The molecule has 1 aliphatic carbocycles. The Bertz CT molecular complexity index is 536. The van der Waals surface area contributed by atoms with Crippen molar-refractivity contribution in [3.05, 3.63) is 24.4 Å². The summed E-state index contributed by atoms with van der Waals surface area (Å²) in [4.78, 5) is 21.1. The molecule has 18 heavy (non-hydrogen) atoms. The minimum atomic E-state index is 0.257. The van der Waals surface area contributed by atoms with Gasteiger partial charge in [0.1, 0.15) is 11.5 Å². The van der Waals surface area contributed by atoms with Crippen LogP contribution < -0.4 is 5.73 Å². The van der Waals surface area contributed by atoms with Crippen LogP contribution in [0.2, 0.25) is 0 Å². The summed E-state index contributed by atoms with van der Waals surface area (Å²) >= 11 is 0. The molecule has 0 aliphatic heterocycles. The van der Waals surface area contributed by atoms with Crippen LogP contribution in [-0.2, 0) is 0 Å². The fraction of sp³-hybridized carbons (Fsp3) is 0.417. The highest BCUT2D eigenvalue weighted by atomic mass is 15.1. The number of hydrogen-bond acceptors (Lipinski definition) is 6. The van der Waals surface area contributed by atoms with Crippen LogP contribution in [0, 0.1) is 0 Å². The Balaban J connectivity index is 2.00. The molecule has 0 bridgehead atoms. The van der Waals surface area contributed by atoms with Gasteiger partial charge in [0.25, 0.3) is 0 Å². The highest BCUT2D eigenvalue weighted by Crippen LogP contribution is 2.32. The molecule has 2 aromatic rings. The summed E-state index contributed by atoms with van der Waals surface area (Å²) in [6.45, 7) is 0. The highest BCUT2D eigenvalue weighted by molar-refractivity contribution is 5.48. The molecule has 0 radical (unpaired) electrons. The summed E-state index contributed by atoms with van der Waals surface area (Å²) in [6, 6.07) is 0. The van der Waals surface area contributed by atoms with Gasteiger partial charge in [0.05, 0.1) is 6.20 Å². The van der Waals surface area contributed by atoms with Crippen LogP contribution in [0.25, 0.3) is 11.5 Å².